The third-order valence-electron chi connectivity index (χ3n) is 4.91. The summed E-state index contributed by atoms with van der Waals surface area (Å²) in [5.74, 6) is -0.706. The van der Waals surface area contributed by atoms with E-state index >= 15 is 0 Å². The van der Waals surface area contributed by atoms with Crippen LogP contribution in [0, 0.1) is 0 Å². The fourth-order valence-electron chi connectivity index (χ4n) is 3.37. The van der Waals surface area contributed by atoms with Gasteiger partial charge in [-0.3, -0.25) is 4.79 Å². The number of carbonyl (C=O) groups excluding carboxylic acids is 1. The third kappa shape index (κ3) is 4.09. The van der Waals surface area contributed by atoms with Gasteiger partial charge in [-0.15, -0.1) is 0 Å². The SMILES string of the molecule is CN(C)S(=O)(=O)c1ccc(C(=O)NC[C@@H]2COC3(CCCCC3)O2)cc1. The van der Waals surface area contributed by atoms with Crippen molar-refractivity contribution in [1.29, 1.82) is 0 Å². The van der Waals surface area contributed by atoms with Gasteiger partial charge in [-0.2, -0.15) is 0 Å². The second-order valence-electron chi connectivity index (χ2n) is 7.04. The molecule has 0 unspecified atom stereocenters. The van der Waals surface area contributed by atoms with E-state index in [4.69, 9.17) is 9.47 Å². The molecule has 2 fully saturated rings. The van der Waals surface area contributed by atoms with Crippen LogP contribution in [0.3, 0.4) is 0 Å². The van der Waals surface area contributed by atoms with Gasteiger partial charge in [0.25, 0.3) is 5.91 Å². The van der Waals surface area contributed by atoms with Gasteiger partial charge in [0, 0.05) is 39.0 Å². The summed E-state index contributed by atoms with van der Waals surface area (Å²) in [4.78, 5) is 12.5. The van der Waals surface area contributed by atoms with E-state index in [2.05, 4.69) is 5.32 Å². The quantitative estimate of drug-likeness (QED) is 0.839. The molecule has 7 nitrogen and oxygen atoms in total. The Morgan fingerprint density at radius 2 is 1.85 bits per heavy atom. The topological polar surface area (TPSA) is 84.9 Å². The number of hydrogen-bond acceptors (Lipinski definition) is 5. The van der Waals surface area contributed by atoms with Crippen LogP contribution < -0.4 is 5.32 Å². The smallest absolute Gasteiger partial charge is 0.251 e. The van der Waals surface area contributed by atoms with E-state index in [1.54, 1.807) is 0 Å². The molecule has 0 radical (unpaired) electrons. The van der Waals surface area contributed by atoms with Gasteiger partial charge in [0.15, 0.2) is 5.79 Å². The highest BCUT2D eigenvalue weighted by Crippen LogP contribution is 2.37. The Bertz CT molecular complexity index is 739. The number of amides is 1. The minimum Gasteiger partial charge on any atom is -0.349 e. The maximum Gasteiger partial charge on any atom is 0.251 e. The summed E-state index contributed by atoms with van der Waals surface area (Å²) in [6.45, 7) is 0.860. The molecule has 2 aliphatic rings. The van der Waals surface area contributed by atoms with Crippen LogP contribution in [-0.4, -0.2) is 57.8 Å². The van der Waals surface area contributed by atoms with Crippen LogP contribution >= 0.6 is 0 Å². The molecule has 1 saturated carbocycles. The molecule has 1 N–H and O–H groups in total. The third-order valence-corrected chi connectivity index (χ3v) is 6.74. The zero-order chi connectivity index (χ0) is 18.8. The summed E-state index contributed by atoms with van der Waals surface area (Å²) < 4.78 is 37.2. The average Bonchev–Trinajstić information content (AvgIpc) is 3.02. The van der Waals surface area contributed by atoms with Crippen molar-refractivity contribution < 1.29 is 22.7 Å². The molecule has 1 heterocycles. The van der Waals surface area contributed by atoms with Crippen molar-refractivity contribution in [3.63, 3.8) is 0 Å². The van der Waals surface area contributed by atoms with Gasteiger partial charge >= 0.3 is 0 Å². The highest BCUT2D eigenvalue weighted by molar-refractivity contribution is 7.89. The lowest BCUT2D eigenvalue weighted by Gasteiger charge is -2.31. The number of nitrogens with one attached hydrogen (secondary N) is 1. The lowest BCUT2D eigenvalue weighted by atomic mass is 9.94. The van der Waals surface area contributed by atoms with Gasteiger partial charge in [0.1, 0.15) is 6.10 Å². The molecule has 1 aliphatic carbocycles. The van der Waals surface area contributed by atoms with E-state index in [9.17, 15) is 13.2 Å². The molecule has 0 aromatic heterocycles. The summed E-state index contributed by atoms with van der Waals surface area (Å²) in [6, 6.07) is 5.91. The average molecular weight is 382 g/mol. The first-order valence-corrected chi connectivity index (χ1v) is 10.4. The largest absolute Gasteiger partial charge is 0.349 e. The maximum absolute atomic E-state index is 12.3. The van der Waals surface area contributed by atoms with Crippen molar-refractivity contribution in [3.05, 3.63) is 29.8 Å². The van der Waals surface area contributed by atoms with Crippen LogP contribution in [-0.2, 0) is 19.5 Å². The van der Waals surface area contributed by atoms with E-state index in [0.717, 1.165) is 30.0 Å². The fraction of sp³-hybridized carbons (Fsp3) is 0.611. The molecule has 1 aliphatic heterocycles. The van der Waals surface area contributed by atoms with Crippen LogP contribution in [0.25, 0.3) is 0 Å². The van der Waals surface area contributed by atoms with Gasteiger partial charge in [0.2, 0.25) is 10.0 Å². The van der Waals surface area contributed by atoms with Gasteiger partial charge < -0.3 is 14.8 Å². The minimum atomic E-state index is -3.50. The van der Waals surface area contributed by atoms with E-state index < -0.39 is 15.8 Å². The molecular formula is C18H26N2O5S. The number of benzene rings is 1. The Hall–Kier alpha value is -1.48. The zero-order valence-corrected chi connectivity index (χ0v) is 16.0. The molecule has 1 atom stereocenters. The second kappa shape index (κ2) is 7.64. The van der Waals surface area contributed by atoms with Crippen LogP contribution in [0.1, 0.15) is 42.5 Å². The summed E-state index contributed by atoms with van der Waals surface area (Å²) in [6.07, 6.45) is 5.13. The first kappa shape index (κ1) is 19.3. The van der Waals surface area contributed by atoms with Gasteiger partial charge in [-0.25, -0.2) is 12.7 Å². The number of ether oxygens (including phenoxy) is 2. The Labute approximate surface area is 154 Å². The van der Waals surface area contributed by atoms with Gasteiger partial charge in [-0.05, 0) is 37.1 Å². The molecule has 1 amide bonds. The van der Waals surface area contributed by atoms with E-state index in [0.29, 0.717) is 18.7 Å². The van der Waals surface area contributed by atoms with Crippen molar-refractivity contribution in [3.8, 4) is 0 Å². The number of carbonyl (C=O) groups is 1. The van der Waals surface area contributed by atoms with Gasteiger partial charge in [0.05, 0.1) is 11.5 Å². The molecule has 8 heteroatoms. The molecule has 26 heavy (non-hydrogen) atoms. The molecular weight excluding hydrogens is 356 g/mol. The van der Waals surface area contributed by atoms with Crippen LogP contribution in [0.4, 0.5) is 0 Å². The van der Waals surface area contributed by atoms with Gasteiger partial charge in [-0.1, -0.05) is 6.42 Å². The number of hydrogen-bond donors (Lipinski definition) is 1. The first-order valence-electron chi connectivity index (χ1n) is 8.95. The molecule has 3 rings (SSSR count). The van der Waals surface area contributed by atoms with E-state index in [1.165, 1.54) is 44.8 Å². The Morgan fingerprint density at radius 1 is 1.19 bits per heavy atom. The van der Waals surface area contributed by atoms with Crippen molar-refractivity contribution in [2.75, 3.05) is 27.2 Å². The molecule has 0 bridgehead atoms. The normalized spacial score (nSPS) is 22.7. The lowest BCUT2D eigenvalue weighted by Crippen LogP contribution is -2.37. The van der Waals surface area contributed by atoms with E-state index in [1.807, 2.05) is 0 Å². The predicted octanol–water partition coefficient (Wildman–Crippen LogP) is 1.74. The highest BCUT2D eigenvalue weighted by Gasteiger charge is 2.42. The molecule has 1 aromatic rings. The van der Waals surface area contributed by atoms with Crippen LogP contribution in [0.5, 0.6) is 0 Å². The Balaban J connectivity index is 1.54. The van der Waals surface area contributed by atoms with Crippen LogP contribution in [0.15, 0.2) is 29.2 Å². The highest BCUT2D eigenvalue weighted by atomic mass is 32.2. The van der Waals surface area contributed by atoms with Crippen molar-refractivity contribution in [2.45, 2.75) is 48.9 Å². The van der Waals surface area contributed by atoms with Crippen molar-refractivity contribution in [1.82, 2.24) is 9.62 Å². The molecule has 144 valence electrons. The van der Waals surface area contributed by atoms with Crippen molar-refractivity contribution in [2.24, 2.45) is 0 Å². The zero-order valence-electron chi connectivity index (χ0n) is 15.2. The lowest BCUT2D eigenvalue weighted by molar-refractivity contribution is -0.186. The standard InChI is InChI=1S/C18H26N2O5S/c1-20(2)26(22,23)16-8-6-14(7-9-16)17(21)19-12-15-13-24-18(25-15)10-4-3-5-11-18/h6-9,15H,3-5,10-13H2,1-2H3,(H,19,21)/t15-/m1/s1. The second-order valence-corrected chi connectivity index (χ2v) is 9.20. The van der Waals surface area contributed by atoms with Crippen molar-refractivity contribution >= 4 is 15.9 Å². The summed E-state index contributed by atoms with van der Waals surface area (Å²) in [5.41, 5.74) is 0.411. The number of nitrogens with zero attached hydrogens (tertiary/aromatic N) is 1. The minimum absolute atomic E-state index is 0.148. The predicted molar refractivity (Wildman–Crippen MR) is 96.3 cm³/mol. The Kier molecular flexibility index (Phi) is 5.67. The van der Waals surface area contributed by atoms with E-state index in [-0.39, 0.29) is 16.9 Å². The maximum atomic E-state index is 12.3. The Morgan fingerprint density at radius 3 is 2.46 bits per heavy atom. The monoisotopic (exact) mass is 382 g/mol. The summed E-state index contributed by atoms with van der Waals surface area (Å²) in [5, 5.41) is 2.84. The number of rotatable bonds is 5. The molecule has 1 saturated heterocycles. The first-order chi connectivity index (χ1) is 12.3. The molecule has 1 aromatic carbocycles. The summed E-state index contributed by atoms with van der Waals surface area (Å²) >= 11 is 0. The summed E-state index contributed by atoms with van der Waals surface area (Å²) in [7, 11) is -0.554. The molecule has 1 spiro atoms. The van der Waals surface area contributed by atoms with Crippen LogP contribution in [0.2, 0.25) is 0 Å². The fourth-order valence-corrected chi connectivity index (χ4v) is 4.27. The number of sulfonamides is 1.